The van der Waals surface area contributed by atoms with Crippen LogP contribution in [0.25, 0.3) is 0 Å². The van der Waals surface area contributed by atoms with Gasteiger partial charge in [-0.15, -0.1) is 22.7 Å². The molecule has 108 valence electrons. The molecule has 0 spiro atoms. The van der Waals surface area contributed by atoms with Gasteiger partial charge in [0.1, 0.15) is 4.88 Å². The van der Waals surface area contributed by atoms with E-state index in [1.54, 1.807) is 6.20 Å². The molecule has 0 unspecified atom stereocenters. The van der Waals surface area contributed by atoms with Crippen LogP contribution in [0.3, 0.4) is 0 Å². The van der Waals surface area contributed by atoms with E-state index in [1.165, 1.54) is 22.7 Å². The fourth-order valence-corrected chi connectivity index (χ4v) is 3.46. The summed E-state index contributed by atoms with van der Waals surface area (Å²) in [5, 5.41) is 4.48. The largest absolute Gasteiger partial charge is 0.297 e. The lowest BCUT2D eigenvalue weighted by Crippen LogP contribution is -2.11. The molecule has 6 heteroatoms. The predicted molar refractivity (Wildman–Crippen MR) is 85.0 cm³/mol. The molecule has 0 aliphatic heterocycles. The quantitative estimate of drug-likeness (QED) is 0.931. The van der Waals surface area contributed by atoms with E-state index in [0.717, 1.165) is 22.0 Å². The minimum Gasteiger partial charge on any atom is -0.297 e. The number of carbonyl (C=O) groups excluding carboxylic acids is 1. The molecule has 0 aliphatic carbocycles. The van der Waals surface area contributed by atoms with E-state index in [2.05, 4.69) is 43.0 Å². The first-order valence-corrected chi connectivity index (χ1v) is 8.18. The van der Waals surface area contributed by atoms with Crippen molar-refractivity contribution >= 4 is 33.7 Å². The first-order chi connectivity index (χ1) is 9.31. The average molecular weight is 309 g/mol. The molecule has 0 fully saturated rings. The zero-order valence-corrected chi connectivity index (χ0v) is 14.0. The number of hydrogen-bond acceptors (Lipinski definition) is 5. The number of carbonyl (C=O) groups is 1. The van der Waals surface area contributed by atoms with Crippen molar-refractivity contribution < 1.29 is 4.79 Å². The second kappa shape index (κ2) is 5.61. The molecule has 1 N–H and O–H groups in total. The van der Waals surface area contributed by atoms with Gasteiger partial charge >= 0.3 is 0 Å². The highest BCUT2D eigenvalue weighted by molar-refractivity contribution is 7.16. The second-order valence-corrected chi connectivity index (χ2v) is 7.84. The third-order valence-electron chi connectivity index (χ3n) is 2.82. The van der Waals surface area contributed by atoms with E-state index < -0.39 is 0 Å². The molecule has 4 nitrogen and oxygen atoms in total. The topological polar surface area (TPSA) is 54.9 Å². The Morgan fingerprint density at radius 3 is 2.55 bits per heavy atom. The maximum absolute atomic E-state index is 12.2. The van der Waals surface area contributed by atoms with Gasteiger partial charge in [-0.3, -0.25) is 10.1 Å². The lowest BCUT2D eigenvalue weighted by molar-refractivity contribution is 0.103. The van der Waals surface area contributed by atoms with Gasteiger partial charge in [-0.25, -0.2) is 9.97 Å². The first-order valence-electron chi connectivity index (χ1n) is 6.55. The van der Waals surface area contributed by atoms with E-state index in [1.807, 2.05) is 6.92 Å². The Morgan fingerprint density at radius 2 is 2.05 bits per heavy atom. The number of hydrogen-bond donors (Lipinski definition) is 1. The van der Waals surface area contributed by atoms with Crippen molar-refractivity contribution in [1.29, 1.82) is 0 Å². The summed E-state index contributed by atoms with van der Waals surface area (Å²) in [6, 6.07) is 0. The third-order valence-corrected chi connectivity index (χ3v) is 5.17. The van der Waals surface area contributed by atoms with Gasteiger partial charge in [0, 0.05) is 10.3 Å². The van der Waals surface area contributed by atoms with Crippen molar-refractivity contribution in [2.75, 3.05) is 5.32 Å². The van der Waals surface area contributed by atoms with Crippen LogP contribution in [0.4, 0.5) is 5.13 Å². The lowest BCUT2D eigenvalue weighted by Gasteiger charge is -2.13. The number of aromatic nitrogens is 2. The number of rotatable bonds is 3. The molecule has 0 radical (unpaired) electrons. The predicted octanol–water partition coefficient (Wildman–Crippen LogP) is 4.02. The van der Waals surface area contributed by atoms with Crippen LogP contribution in [-0.4, -0.2) is 15.9 Å². The number of thiazole rings is 2. The summed E-state index contributed by atoms with van der Waals surface area (Å²) >= 11 is 2.95. The zero-order chi connectivity index (χ0) is 14.9. The molecule has 0 saturated heterocycles. The molecule has 0 atom stereocenters. The lowest BCUT2D eigenvalue weighted by atomic mass is 9.98. The first kappa shape index (κ1) is 15.1. The molecular formula is C14H19N3OS2. The van der Waals surface area contributed by atoms with Crippen molar-refractivity contribution in [3.63, 3.8) is 0 Å². The highest BCUT2D eigenvalue weighted by Gasteiger charge is 2.21. The summed E-state index contributed by atoms with van der Waals surface area (Å²) in [6.45, 7) is 10.4. The summed E-state index contributed by atoms with van der Waals surface area (Å²) in [7, 11) is 0. The van der Waals surface area contributed by atoms with Gasteiger partial charge in [-0.05, 0) is 13.3 Å². The average Bonchev–Trinajstić information content (AvgIpc) is 2.95. The van der Waals surface area contributed by atoms with Gasteiger partial charge in [-0.2, -0.15) is 0 Å². The molecular weight excluding hydrogens is 290 g/mol. The zero-order valence-electron chi connectivity index (χ0n) is 12.4. The van der Waals surface area contributed by atoms with E-state index >= 15 is 0 Å². The van der Waals surface area contributed by atoms with E-state index in [-0.39, 0.29) is 11.3 Å². The van der Waals surface area contributed by atoms with E-state index in [4.69, 9.17) is 0 Å². The highest BCUT2D eigenvalue weighted by Crippen LogP contribution is 2.28. The van der Waals surface area contributed by atoms with Crippen molar-refractivity contribution in [2.24, 2.45) is 0 Å². The minimum atomic E-state index is -0.130. The van der Waals surface area contributed by atoms with Crippen LogP contribution in [0, 0.1) is 6.92 Å². The fraction of sp³-hybridized carbons (Fsp3) is 0.500. The van der Waals surface area contributed by atoms with E-state index in [0.29, 0.717) is 10.0 Å². The van der Waals surface area contributed by atoms with Gasteiger partial charge in [-0.1, -0.05) is 27.7 Å². The van der Waals surface area contributed by atoms with Crippen molar-refractivity contribution in [1.82, 2.24) is 9.97 Å². The molecule has 0 aliphatic rings. The molecule has 0 bridgehead atoms. The number of nitrogens with zero attached hydrogens (tertiary/aromatic N) is 2. The molecule has 0 aromatic carbocycles. The molecule has 2 aromatic rings. The standard InChI is InChI=1S/C14H19N3OS2/c1-6-9-8(2)19-13(16-9)17-11(18)10-7-15-12(20-10)14(3,4)5/h7H,6H2,1-5H3,(H,16,17,18). The summed E-state index contributed by atoms with van der Waals surface area (Å²) in [5.41, 5.74) is 1.01. The molecule has 2 aromatic heterocycles. The molecule has 1 amide bonds. The van der Waals surface area contributed by atoms with Crippen LogP contribution in [-0.2, 0) is 11.8 Å². The van der Waals surface area contributed by atoms with Crippen molar-refractivity contribution in [3.05, 3.63) is 26.7 Å². The Labute approximate surface area is 127 Å². The molecule has 2 heterocycles. The second-order valence-electron chi connectivity index (χ2n) is 5.61. The number of aryl methyl sites for hydroxylation is 2. The summed E-state index contributed by atoms with van der Waals surface area (Å²) in [5.74, 6) is -0.130. The highest BCUT2D eigenvalue weighted by atomic mass is 32.1. The monoisotopic (exact) mass is 309 g/mol. The maximum atomic E-state index is 12.2. The van der Waals surface area contributed by atoms with Crippen LogP contribution >= 0.6 is 22.7 Å². The Kier molecular flexibility index (Phi) is 4.25. The molecule has 0 saturated carbocycles. The SMILES string of the molecule is CCc1nc(NC(=O)c2cnc(C(C)(C)C)s2)sc1C. The Morgan fingerprint density at radius 1 is 1.35 bits per heavy atom. The number of nitrogens with one attached hydrogen (secondary N) is 1. The van der Waals surface area contributed by atoms with Crippen LogP contribution in [0.1, 0.15) is 52.9 Å². The van der Waals surface area contributed by atoms with Crippen LogP contribution in [0.15, 0.2) is 6.20 Å². The Balaban J connectivity index is 2.13. The van der Waals surface area contributed by atoms with Gasteiger partial charge in [0.15, 0.2) is 5.13 Å². The summed E-state index contributed by atoms with van der Waals surface area (Å²) in [4.78, 5) is 22.7. The third kappa shape index (κ3) is 3.24. The minimum absolute atomic E-state index is 0.0314. The van der Waals surface area contributed by atoms with Crippen LogP contribution in [0.5, 0.6) is 0 Å². The van der Waals surface area contributed by atoms with Gasteiger partial charge in [0.05, 0.1) is 16.9 Å². The van der Waals surface area contributed by atoms with Gasteiger partial charge < -0.3 is 0 Å². The fourth-order valence-electron chi connectivity index (χ4n) is 1.69. The Bertz CT molecular complexity index is 623. The number of anilines is 1. The number of amides is 1. The maximum Gasteiger partial charge on any atom is 0.269 e. The smallest absolute Gasteiger partial charge is 0.269 e. The molecule has 2 rings (SSSR count). The van der Waals surface area contributed by atoms with Crippen LogP contribution < -0.4 is 5.32 Å². The van der Waals surface area contributed by atoms with Gasteiger partial charge in [0.2, 0.25) is 0 Å². The van der Waals surface area contributed by atoms with E-state index in [9.17, 15) is 4.79 Å². The molecule has 20 heavy (non-hydrogen) atoms. The van der Waals surface area contributed by atoms with Gasteiger partial charge in [0.25, 0.3) is 5.91 Å². The van der Waals surface area contributed by atoms with Crippen molar-refractivity contribution in [3.8, 4) is 0 Å². The van der Waals surface area contributed by atoms with Crippen LogP contribution in [0.2, 0.25) is 0 Å². The normalized spacial score (nSPS) is 11.7. The summed E-state index contributed by atoms with van der Waals surface area (Å²) in [6.07, 6.45) is 2.52. The van der Waals surface area contributed by atoms with Crippen molar-refractivity contribution in [2.45, 2.75) is 46.5 Å². The Hall–Kier alpha value is -1.27. The summed E-state index contributed by atoms with van der Waals surface area (Å²) < 4.78 is 0.